The van der Waals surface area contributed by atoms with Crippen LogP contribution in [0.1, 0.15) is 23.5 Å². The molecule has 7 nitrogen and oxygen atoms in total. The molecular formula is C22H21N3O4. The van der Waals surface area contributed by atoms with E-state index in [1.807, 2.05) is 29.2 Å². The van der Waals surface area contributed by atoms with Gasteiger partial charge in [0.05, 0.1) is 5.41 Å². The van der Waals surface area contributed by atoms with Crippen LogP contribution in [-0.2, 0) is 19.9 Å². The van der Waals surface area contributed by atoms with Gasteiger partial charge in [-0.15, -0.1) is 0 Å². The number of hydrogen-bond donors (Lipinski definition) is 2. The molecule has 2 N–H and O–H groups in total. The first-order valence-electron chi connectivity index (χ1n) is 9.56. The lowest BCUT2D eigenvalue weighted by atomic mass is 9.60. The third kappa shape index (κ3) is 1.88. The number of nitrogens with zero attached hydrogens (tertiary/aromatic N) is 2. The van der Waals surface area contributed by atoms with Crippen LogP contribution < -0.4 is 5.32 Å². The lowest BCUT2D eigenvalue weighted by molar-refractivity contribution is -0.148. The number of carbonyl (C=O) groups is 3. The Morgan fingerprint density at radius 2 is 1.72 bits per heavy atom. The molecule has 2 aromatic rings. The minimum atomic E-state index is -1.34. The van der Waals surface area contributed by atoms with E-state index in [0.717, 1.165) is 4.90 Å². The van der Waals surface area contributed by atoms with E-state index in [4.69, 9.17) is 0 Å². The van der Waals surface area contributed by atoms with Crippen molar-refractivity contribution in [2.45, 2.75) is 17.9 Å². The summed E-state index contributed by atoms with van der Waals surface area (Å²) in [5.74, 6) is -1.47. The fourth-order valence-electron chi connectivity index (χ4n) is 5.77. The van der Waals surface area contributed by atoms with Gasteiger partial charge in [-0.25, -0.2) is 0 Å². The number of carbonyl (C=O) groups excluding carboxylic acids is 3. The summed E-state index contributed by atoms with van der Waals surface area (Å²) in [4.78, 5) is 43.0. The number of para-hydroxylation sites is 2. The summed E-state index contributed by atoms with van der Waals surface area (Å²) in [6.07, 6.45) is -0.0899. The Morgan fingerprint density at radius 3 is 2.41 bits per heavy atom. The maximum absolute atomic E-state index is 13.7. The van der Waals surface area contributed by atoms with Crippen molar-refractivity contribution in [1.82, 2.24) is 9.80 Å². The monoisotopic (exact) mass is 391 g/mol. The van der Waals surface area contributed by atoms with Gasteiger partial charge in [0.2, 0.25) is 11.8 Å². The van der Waals surface area contributed by atoms with Gasteiger partial charge in [-0.2, -0.15) is 0 Å². The zero-order chi connectivity index (χ0) is 20.6. The first-order valence-corrected chi connectivity index (χ1v) is 9.56. The lowest BCUT2D eigenvalue weighted by Gasteiger charge is -2.42. The molecule has 0 aliphatic carbocycles. The Kier molecular flexibility index (Phi) is 3.49. The van der Waals surface area contributed by atoms with Crippen LogP contribution in [0.2, 0.25) is 0 Å². The van der Waals surface area contributed by atoms with Crippen molar-refractivity contribution < 1.29 is 19.5 Å². The molecule has 2 spiro atoms. The van der Waals surface area contributed by atoms with Gasteiger partial charge >= 0.3 is 0 Å². The third-order valence-electron chi connectivity index (χ3n) is 6.97. The topological polar surface area (TPSA) is 90.0 Å². The second-order valence-corrected chi connectivity index (χ2v) is 8.11. The Hall–Kier alpha value is -3.19. The highest BCUT2D eigenvalue weighted by Gasteiger charge is 2.77. The number of rotatable bonds is 1. The van der Waals surface area contributed by atoms with Gasteiger partial charge < -0.3 is 10.4 Å². The van der Waals surface area contributed by atoms with E-state index < -0.39 is 16.9 Å². The van der Waals surface area contributed by atoms with E-state index in [9.17, 15) is 19.5 Å². The van der Waals surface area contributed by atoms with Crippen molar-refractivity contribution in [3.8, 4) is 5.75 Å². The Bertz CT molecular complexity index is 1080. The molecule has 2 saturated heterocycles. The first kappa shape index (κ1) is 17.9. The van der Waals surface area contributed by atoms with Crippen LogP contribution in [0.4, 0.5) is 5.69 Å². The number of phenolic OH excluding ortho intramolecular Hbond substituents is 1. The summed E-state index contributed by atoms with van der Waals surface area (Å²) in [5, 5.41) is 13.5. The number of likely N-dealkylation sites (N-methyl/N-ethyl adjacent to an activating group) is 1. The molecule has 2 aromatic carbocycles. The molecular weight excluding hydrogens is 370 g/mol. The molecule has 7 heteroatoms. The van der Waals surface area contributed by atoms with E-state index in [1.54, 1.807) is 31.3 Å². The molecule has 0 saturated carbocycles. The van der Waals surface area contributed by atoms with E-state index in [1.165, 1.54) is 7.05 Å². The molecule has 0 aromatic heterocycles. The van der Waals surface area contributed by atoms with E-state index in [0.29, 0.717) is 23.4 Å². The second-order valence-electron chi connectivity index (χ2n) is 8.11. The highest BCUT2D eigenvalue weighted by molar-refractivity contribution is 6.16. The number of likely N-dealkylation sites (tertiary alicyclic amines) is 2. The van der Waals surface area contributed by atoms with E-state index >= 15 is 0 Å². The average molecular weight is 391 g/mol. The molecule has 148 valence electrons. The van der Waals surface area contributed by atoms with Crippen molar-refractivity contribution in [2.24, 2.45) is 5.41 Å². The number of hydrogen-bond acceptors (Lipinski definition) is 5. The van der Waals surface area contributed by atoms with Gasteiger partial charge in [0.15, 0.2) is 0 Å². The number of anilines is 1. The second kappa shape index (κ2) is 5.67. The summed E-state index contributed by atoms with van der Waals surface area (Å²) in [6, 6.07) is 14.2. The van der Waals surface area contributed by atoms with Crippen LogP contribution >= 0.6 is 0 Å². The van der Waals surface area contributed by atoms with Crippen molar-refractivity contribution in [2.75, 3.05) is 26.0 Å². The third-order valence-corrected chi connectivity index (χ3v) is 6.97. The van der Waals surface area contributed by atoms with Crippen LogP contribution in [0.15, 0.2) is 48.5 Å². The predicted octanol–water partition coefficient (Wildman–Crippen LogP) is 1.64. The predicted molar refractivity (Wildman–Crippen MR) is 105 cm³/mol. The summed E-state index contributed by atoms with van der Waals surface area (Å²) in [5.41, 5.74) is -0.750. The van der Waals surface area contributed by atoms with Crippen molar-refractivity contribution >= 4 is 23.4 Å². The van der Waals surface area contributed by atoms with Gasteiger partial charge in [-0.3, -0.25) is 24.2 Å². The van der Waals surface area contributed by atoms with Gasteiger partial charge in [-0.1, -0.05) is 36.4 Å². The molecule has 0 unspecified atom stereocenters. The number of aromatic hydroxyl groups is 1. The van der Waals surface area contributed by atoms with Crippen LogP contribution in [-0.4, -0.2) is 53.3 Å². The fourth-order valence-corrected chi connectivity index (χ4v) is 5.77. The van der Waals surface area contributed by atoms with Gasteiger partial charge in [0.1, 0.15) is 11.3 Å². The average Bonchev–Trinajstić information content (AvgIpc) is 3.24. The Balaban J connectivity index is 1.85. The van der Waals surface area contributed by atoms with Crippen LogP contribution in [0.25, 0.3) is 0 Å². The smallest absolute Gasteiger partial charge is 0.250 e. The SMILES string of the molecule is CN1C(=O)C[C@@]2(C1=O)[C@@H](c1ccccc1O)CN(C)[C@@]21C(=O)Nc2ccccc21. The molecule has 3 atom stereocenters. The molecule has 2 fully saturated rings. The molecule has 0 bridgehead atoms. The molecule has 3 amide bonds. The summed E-state index contributed by atoms with van der Waals surface area (Å²) >= 11 is 0. The Labute approximate surface area is 167 Å². The largest absolute Gasteiger partial charge is 0.508 e. The molecule has 3 aliphatic heterocycles. The minimum Gasteiger partial charge on any atom is -0.508 e. The van der Waals surface area contributed by atoms with Crippen LogP contribution in [0.5, 0.6) is 5.75 Å². The number of phenols is 1. The minimum absolute atomic E-state index is 0.0591. The Morgan fingerprint density at radius 1 is 1.03 bits per heavy atom. The van der Waals surface area contributed by atoms with E-state index in [-0.39, 0.29) is 29.9 Å². The highest BCUT2D eigenvalue weighted by atomic mass is 16.3. The van der Waals surface area contributed by atoms with E-state index in [2.05, 4.69) is 5.32 Å². The number of fused-ring (bicyclic) bond motifs is 3. The number of nitrogens with one attached hydrogen (secondary N) is 1. The van der Waals surface area contributed by atoms with Crippen molar-refractivity contribution in [1.29, 1.82) is 0 Å². The lowest BCUT2D eigenvalue weighted by Crippen LogP contribution is -2.58. The maximum atomic E-state index is 13.7. The van der Waals surface area contributed by atoms with Crippen LogP contribution in [0.3, 0.4) is 0 Å². The molecule has 3 heterocycles. The zero-order valence-electron chi connectivity index (χ0n) is 16.2. The zero-order valence-corrected chi connectivity index (χ0v) is 16.2. The van der Waals surface area contributed by atoms with Gasteiger partial charge in [0, 0.05) is 37.2 Å². The molecule has 0 radical (unpaired) electrons. The molecule has 29 heavy (non-hydrogen) atoms. The normalized spacial score (nSPS) is 31.2. The van der Waals surface area contributed by atoms with Crippen molar-refractivity contribution in [3.63, 3.8) is 0 Å². The van der Waals surface area contributed by atoms with Crippen molar-refractivity contribution in [3.05, 3.63) is 59.7 Å². The number of benzene rings is 2. The molecule has 3 aliphatic rings. The summed E-state index contributed by atoms with van der Waals surface area (Å²) in [6.45, 7) is 0.353. The fraction of sp³-hybridized carbons (Fsp3) is 0.318. The quantitative estimate of drug-likeness (QED) is 0.722. The standard InChI is InChI=1S/C22H21N3O4/c1-24-12-15(13-7-3-6-10-17(13)26)21(11-18(27)25(2)20(21)29)22(24)14-8-4-5-9-16(14)23-19(22)28/h3-10,15,26H,11-12H2,1-2H3,(H,23,28)/t15-,21+,22+/m1/s1. The van der Waals surface area contributed by atoms with Gasteiger partial charge in [0.25, 0.3) is 5.91 Å². The van der Waals surface area contributed by atoms with Gasteiger partial charge in [-0.05, 0) is 24.7 Å². The highest BCUT2D eigenvalue weighted by Crippen LogP contribution is 2.66. The number of imide groups is 1. The van der Waals surface area contributed by atoms with Crippen LogP contribution in [0, 0.1) is 5.41 Å². The number of amides is 3. The first-order chi connectivity index (χ1) is 13.9. The molecule has 5 rings (SSSR count). The maximum Gasteiger partial charge on any atom is 0.250 e. The summed E-state index contributed by atoms with van der Waals surface area (Å²) < 4.78 is 0. The summed E-state index contributed by atoms with van der Waals surface area (Å²) in [7, 11) is 3.27.